The number of benzene rings is 1. The Hall–Kier alpha value is -2.25. The van der Waals surface area contributed by atoms with Crippen LogP contribution in [0.4, 0.5) is 11.5 Å². The van der Waals surface area contributed by atoms with Gasteiger partial charge in [-0.15, -0.1) is 0 Å². The highest BCUT2D eigenvalue weighted by Gasteiger charge is 2.04. The third-order valence-corrected chi connectivity index (χ3v) is 2.82. The van der Waals surface area contributed by atoms with Crippen molar-refractivity contribution in [2.45, 2.75) is 6.92 Å². The van der Waals surface area contributed by atoms with Crippen molar-refractivity contribution in [1.82, 2.24) is 4.98 Å². The fraction of sp³-hybridized carbons (Fsp3) is 0.143. The van der Waals surface area contributed by atoms with E-state index in [-0.39, 0.29) is 0 Å². The maximum atomic E-state index is 8.93. The number of nitrogens with one attached hydrogen (secondary N) is 1. The Morgan fingerprint density at radius 1 is 1.32 bits per heavy atom. The lowest BCUT2D eigenvalue weighted by Crippen LogP contribution is -1.96. The Labute approximate surface area is 116 Å². The van der Waals surface area contributed by atoms with Gasteiger partial charge in [0.2, 0.25) is 0 Å². The van der Waals surface area contributed by atoms with Crippen molar-refractivity contribution >= 4 is 23.1 Å². The van der Waals surface area contributed by atoms with Crippen LogP contribution in [-0.4, -0.2) is 12.1 Å². The van der Waals surface area contributed by atoms with Gasteiger partial charge in [0.25, 0.3) is 0 Å². The second-order valence-corrected chi connectivity index (χ2v) is 4.38. The number of pyridine rings is 1. The molecule has 0 aliphatic heterocycles. The lowest BCUT2D eigenvalue weighted by molar-refractivity contribution is 0.415. The highest BCUT2D eigenvalue weighted by Crippen LogP contribution is 2.28. The van der Waals surface area contributed by atoms with Gasteiger partial charge in [0, 0.05) is 17.4 Å². The molecule has 0 bridgehead atoms. The summed E-state index contributed by atoms with van der Waals surface area (Å²) in [6.45, 7) is 1.84. The molecule has 0 aliphatic rings. The van der Waals surface area contributed by atoms with Crippen LogP contribution < -0.4 is 10.1 Å². The minimum atomic E-state index is 0.544. The highest BCUT2D eigenvalue weighted by molar-refractivity contribution is 6.32. The van der Waals surface area contributed by atoms with Crippen molar-refractivity contribution in [3.05, 3.63) is 46.6 Å². The minimum Gasteiger partial charge on any atom is -0.495 e. The van der Waals surface area contributed by atoms with Crippen LogP contribution in [0.3, 0.4) is 0 Å². The normalized spacial score (nSPS) is 9.79. The Morgan fingerprint density at radius 2 is 2.11 bits per heavy atom. The molecule has 5 heteroatoms. The van der Waals surface area contributed by atoms with Gasteiger partial charge in [-0.05, 0) is 31.2 Å². The van der Waals surface area contributed by atoms with Gasteiger partial charge in [0.1, 0.15) is 11.6 Å². The van der Waals surface area contributed by atoms with Crippen LogP contribution in [0.1, 0.15) is 11.3 Å². The number of ether oxygens (including phenoxy) is 1. The summed E-state index contributed by atoms with van der Waals surface area (Å²) < 4.78 is 5.15. The summed E-state index contributed by atoms with van der Waals surface area (Å²) >= 11 is 5.96. The van der Waals surface area contributed by atoms with E-state index in [4.69, 9.17) is 21.6 Å². The number of methoxy groups -OCH3 is 1. The van der Waals surface area contributed by atoms with E-state index in [2.05, 4.69) is 16.4 Å². The van der Waals surface area contributed by atoms with E-state index in [0.717, 1.165) is 11.4 Å². The smallest absolute Gasteiger partial charge is 0.139 e. The molecule has 0 aliphatic carbocycles. The van der Waals surface area contributed by atoms with Crippen LogP contribution in [0.5, 0.6) is 5.75 Å². The summed E-state index contributed by atoms with van der Waals surface area (Å²) in [5, 5.41) is 12.6. The summed E-state index contributed by atoms with van der Waals surface area (Å²) in [5.74, 6) is 1.20. The summed E-state index contributed by atoms with van der Waals surface area (Å²) in [4.78, 5) is 4.32. The van der Waals surface area contributed by atoms with Gasteiger partial charge in [-0.3, -0.25) is 0 Å². The molecule has 96 valence electrons. The maximum Gasteiger partial charge on any atom is 0.139 e. The van der Waals surface area contributed by atoms with E-state index in [1.807, 2.05) is 13.0 Å². The first-order chi connectivity index (χ1) is 9.12. The molecule has 1 heterocycles. The zero-order valence-corrected chi connectivity index (χ0v) is 11.3. The third kappa shape index (κ3) is 3.15. The molecule has 0 saturated heterocycles. The summed E-state index contributed by atoms with van der Waals surface area (Å²) in [5.41, 5.74) is 2.14. The van der Waals surface area contributed by atoms with E-state index in [1.165, 1.54) is 0 Å². The minimum absolute atomic E-state index is 0.544. The first kappa shape index (κ1) is 13.2. The van der Waals surface area contributed by atoms with Crippen molar-refractivity contribution in [3.8, 4) is 11.8 Å². The first-order valence-corrected chi connectivity index (χ1v) is 5.99. The lowest BCUT2D eigenvalue weighted by Gasteiger charge is -2.09. The second kappa shape index (κ2) is 5.59. The van der Waals surface area contributed by atoms with Crippen molar-refractivity contribution in [2.24, 2.45) is 0 Å². The summed E-state index contributed by atoms with van der Waals surface area (Å²) in [6, 6.07) is 10.9. The standard InChI is InChI=1S/C14H12ClN3O/c1-9-5-10(8-16)6-14(17-9)18-11-3-4-12(15)13(7-11)19-2/h3-7H,1-2H3,(H,17,18). The van der Waals surface area contributed by atoms with Gasteiger partial charge in [-0.25, -0.2) is 4.98 Å². The van der Waals surface area contributed by atoms with Gasteiger partial charge in [0.15, 0.2) is 0 Å². The summed E-state index contributed by atoms with van der Waals surface area (Å²) in [6.07, 6.45) is 0. The largest absolute Gasteiger partial charge is 0.495 e. The molecule has 2 aromatic rings. The maximum absolute atomic E-state index is 8.93. The number of aryl methyl sites for hydroxylation is 1. The quantitative estimate of drug-likeness (QED) is 0.927. The average molecular weight is 274 g/mol. The number of nitrogens with zero attached hydrogens (tertiary/aromatic N) is 2. The zero-order valence-electron chi connectivity index (χ0n) is 10.6. The van der Waals surface area contributed by atoms with Crippen LogP contribution in [0.2, 0.25) is 5.02 Å². The predicted octanol–water partition coefficient (Wildman–Crippen LogP) is 3.67. The van der Waals surface area contributed by atoms with Gasteiger partial charge in [0.05, 0.1) is 23.8 Å². The van der Waals surface area contributed by atoms with Crippen LogP contribution in [0.25, 0.3) is 0 Å². The number of rotatable bonds is 3. The molecular weight excluding hydrogens is 262 g/mol. The van der Waals surface area contributed by atoms with Gasteiger partial charge < -0.3 is 10.1 Å². The monoisotopic (exact) mass is 273 g/mol. The number of nitriles is 1. The highest BCUT2D eigenvalue weighted by atomic mass is 35.5. The topological polar surface area (TPSA) is 57.9 Å². The molecular formula is C14H12ClN3O. The molecule has 0 spiro atoms. The number of halogens is 1. The van der Waals surface area contributed by atoms with Crippen molar-refractivity contribution in [1.29, 1.82) is 5.26 Å². The molecule has 1 N–H and O–H groups in total. The van der Waals surface area contributed by atoms with Gasteiger partial charge in [-0.2, -0.15) is 5.26 Å². The fourth-order valence-corrected chi connectivity index (χ4v) is 1.88. The van der Waals surface area contributed by atoms with Gasteiger partial charge in [-0.1, -0.05) is 11.6 Å². The summed E-state index contributed by atoms with van der Waals surface area (Å²) in [7, 11) is 1.56. The van der Waals surface area contributed by atoms with Gasteiger partial charge >= 0.3 is 0 Å². The van der Waals surface area contributed by atoms with Crippen molar-refractivity contribution in [3.63, 3.8) is 0 Å². The Bertz CT molecular complexity index is 650. The Morgan fingerprint density at radius 3 is 2.79 bits per heavy atom. The molecule has 4 nitrogen and oxygen atoms in total. The molecule has 0 unspecified atom stereocenters. The molecule has 0 fully saturated rings. The third-order valence-electron chi connectivity index (χ3n) is 2.51. The molecule has 1 aromatic heterocycles. The molecule has 19 heavy (non-hydrogen) atoms. The predicted molar refractivity (Wildman–Crippen MR) is 75.0 cm³/mol. The fourth-order valence-electron chi connectivity index (χ4n) is 1.68. The Balaban J connectivity index is 2.31. The molecule has 0 saturated carbocycles. The molecule has 2 rings (SSSR count). The lowest BCUT2D eigenvalue weighted by atomic mass is 10.2. The number of hydrogen-bond acceptors (Lipinski definition) is 4. The Kier molecular flexibility index (Phi) is 3.88. The van der Waals surface area contributed by atoms with Crippen molar-refractivity contribution < 1.29 is 4.74 Å². The SMILES string of the molecule is COc1cc(Nc2cc(C#N)cc(C)n2)ccc1Cl. The van der Waals surface area contributed by atoms with Crippen LogP contribution in [0.15, 0.2) is 30.3 Å². The molecule has 0 amide bonds. The second-order valence-electron chi connectivity index (χ2n) is 3.97. The molecule has 0 radical (unpaired) electrons. The van der Waals surface area contributed by atoms with Crippen LogP contribution >= 0.6 is 11.6 Å². The zero-order chi connectivity index (χ0) is 13.8. The number of hydrogen-bond donors (Lipinski definition) is 1. The number of anilines is 2. The molecule has 1 aromatic carbocycles. The van der Waals surface area contributed by atoms with Crippen LogP contribution in [0, 0.1) is 18.3 Å². The van der Waals surface area contributed by atoms with E-state index in [0.29, 0.717) is 22.2 Å². The number of aromatic nitrogens is 1. The van der Waals surface area contributed by atoms with Crippen LogP contribution in [-0.2, 0) is 0 Å². The van der Waals surface area contributed by atoms with Crippen molar-refractivity contribution in [2.75, 3.05) is 12.4 Å². The van der Waals surface area contributed by atoms with E-state index in [1.54, 1.807) is 31.4 Å². The van der Waals surface area contributed by atoms with E-state index in [9.17, 15) is 0 Å². The van der Waals surface area contributed by atoms with E-state index >= 15 is 0 Å². The average Bonchev–Trinajstić information content (AvgIpc) is 2.40. The first-order valence-electron chi connectivity index (χ1n) is 5.61. The molecule has 0 atom stereocenters. The van der Waals surface area contributed by atoms with E-state index < -0.39 is 0 Å².